The molecule has 0 radical (unpaired) electrons. The summed E-state index contributed by atoms with van der Waals surface area (Å²) in [4.78, 5) is 12.8. The van der Waals surface area contributed by atoms with Crippen LogP contribution in [0, 0.1) is 5.82 Å². The molecule has 0 aliphatic carbocycles. The highest BCUT2D eigenvalue weighted by Gasteiger charge is 2.45. The molecule has 1 heterocycles. The van der Waals surface area contributed by atoms with Crippen LogP contribution in [0.25, 0.3) is 0 Å². The normalized spacial score (nSPS) is 16.3. The molecule has 2 aromatic rings. The lowest BCUT2D eigenvalue weighted by Gasteiger charge is -2.23. The summed E-state index contributed by atoms with van der Waals surface area (Å²) in [7, 11) is -0.773. The Morgan fingerprint density at radius 2 is 2.06 bits per heavy atom. The first-order valence-electron chi connectivity index (χ1n) is 9.25. The first kappa shape index (κ1) is 23.2. The molecule has 1 atom stereocenters. The van der Waals surface area contributed by atoms with Crippen molar-refractivity contribution in [2.45, 2.75) is 32.0 Å². The molecule has 2 aromatic carbocycles. The van der Waals surface area contributed by atoms with Crippen molar-refractivity contribution in [2.75, 3.05) is 10.3 Å². The topological polar surface area (TPSA) is 77.0 Å². The fourth-order valence-electron chi connectivity index (χ4n) is 3.01. The van der Waals surface area contributed by atoms with Crippen molar-refractivity contribution in [2.24, 2.45) is 5.10 Å². The Morgan fingerprint density at radius 3 is 2.71 bits per heavy atom. The minimum absolute atomic E-state index is 0.150. The van der Waals surface area contributed by atoms with E-state index >= 15 is 0 Å². The first-order valence-corrected chi connectivity index (χ1v) is 10.0. The molecule has 0 saturated heterocycles. The number of amides is 1. The van der Waals surface area contributed by atoms with Gasteiger partial charge in [0.25, 0.3) is 0 Å². The zero-order valence-corrected chi connectivity index (χ0v) is 17.8. The quantitative estimate of drug-likeness (QED) is 0.415. The molecule has 3 N–H and O–H groups in total. The molecule has 1 aliphatic rings. The fourth-order valence-corrected chi connectivity index (χ4v) is 3.34. The van der Waals surface area contributed by atoms with Crippen molar-refractivity contribution in [3.8, 4) is 0 Å². The van der Waals surface area contributed by atoms with E-state index in [-0.39, 0.29) is 17.9 Å². The first-order chi connectivity index (χ1) is 14.5. The summed E-state index contributed by atoms with van der Waals surface area (Å²) in [5, 5.41) is 19.1. The molecule has 164 valence electrons. The second-order valence-electron chi connectivity index (χ2n) is 6.95. The van der Waals surface area contributed by atoms with Crippen LogP contribution < -0.4 is 15.6 Å². The summed E-state index contributed by atoms with van der Waals surface area (Å²) in [5.41, 5.74) is -0.312. The molecule has 1 unspecified atom stereocenters. The number of alkyl halides is 3. The SMILES string of the molecule is CB(O)NCc1cccc(N2N=C(C(F)(F)F)CC2C(=O)Nc2ccc(Br)cc2F)c1. The smallest absolute Gasteiger partial charge is 0.431 e. The van der Waals surface area contributed by atoms with Crippen molar-refractivity contribution in [1.82, 2.24) is 5.23 Å². The van der Waals surface area contributed by atoms with E-state index in [0.29, 0.717) is 10.0 Å². The third-order valence-corrected chi connectivity index (χ3v) is 5.00. The Kier molecular flexibility index (Phi) is 7.02. The van der Waals surface area contributed by atoms with Crippen LogP contribution in [0.1, 0.15) is 12.0 Å². The zero-order chi connectivity index (χ0) is 22.8. The number of nitrogens with zero attached hydrogens (tertiary/aromatic N) is 2. The Bertz CT molecular complexity index is 1000. The number of nitrogens with one attached hydrogen (secondary N) is 2. The maximum atomic E-state index is 14.1. The molecule has 31 heavy (non-hydrogen) atoms. The van der Waals surface area contributed by atoms with Gasteiger partial charge in [-0.2, -0.15) is 18.3 Å². The van der Waals surface area contributed by atoms with Crippen LogP contribution in [-0.2, 0) is 11.3 Å². The van der Waals surface area contributed by atoms with Crippen molar-refractivity contribution in [3.05, 3.63) is 58.3 Å². The maximum absolute atomic E-state index is 14.1. The molecule has 0 spiro atoms. The largest absolute Gasteiger partial charge is 0.437 e. The Morgan fingerprint density at radius 1 is 1.32 bits per heavy atom. The number of carbonyl (C=O) groups is 1. The van der Waals surface area contributed by atoms with Gasteiger partial charge in [-0.15, -0.1) is 0 Å². The number of anilines is 2. The second kappa shape index (κ2) is 9.37. The summed E-state index contributed by atoms with van der Waals surface area (Å²) in [6.07, 6.45) is -5.38. The molecular formula is C19H18BBrF4N4O2. The molecule has 3 rings (SSSR count). The van der Waals surface area contributed by atoms with Crippen LogP contribution in [0.15, 0.2) is 52.0 Å². The monoisotopic (exact) mass is 500 g/mol. The van der Waals surface area contributed by atoms with Crippen LogP contribution in [0.3, 0.4) is 0 Å². The van der Waals surface area contributed by atoms with Crippen LogP contribution in [0.4, 0.5) is 28.9 Å². The molecule has 1 amide bonds. The molecule has 1 aliphatic heterocycles. The molecule has 6 nitrogen and oxygen atoms in total. The van der Waals surface area contributed by atoms with Crippen molar-refractivity contribution >= 4 is 46.0 Å². The Balaban J connectivity index is 1.88. The van der Waals surface area contributed by atoms with Crippen LogP contribution in [0.5, 0.6) is 0 Å². The molecule has 12 heteroatoms. The predicted molar refractivity (Wildman–Crippen MR) is 114 cm³/mol. The highest BCUT2D eigenvalue weighted by Crippen LogP contribution is 2.32. The van der Waals surface area contributed by atoms with Crippen molar-refractivity contribution in [1.29, 1.82) is 0 Å². The van der Waals surface area contributed by atoms with E-state index in [1.165, 1.54) is 25.0 Å². The van der Waals surface area contributed by atoms with Gasteiger partial charge in [-0.1, -0.05) is 28.1 Å². The number of benzene rings is 2. The summed E-state index contributed by atoms with van der Waals surface area (Å²) in [5.74, 6) is -1.55. The van der Waals surface area contributed by atoms with Crippen molar-refractivity contribution in [3.63, 3.8) is 0 Å². The van der Waals surface area contributed by atoms with Gasteiger partial charge in [0.05, 0.1) is 11.4 Å². The molecular weight excluding hydrogens is 483 g/mol. The van der Waals surface area contributed by atoms with E-state index in [0.717, 1.165) is 11.1 Å². The van der Waals surface area contributed by atoms with Crippen LogP contribution in [-0.4, -0.2) is 35.9 Å². The van der Waals surface area contributed by atoms with E-state index < -0.39 is 43.1 Å². The number of hydrazone groups is 1. The van der Waals surface area contributed by atoms with Gasteiger partial charge in [-0.25, -0.2) is 4.39 Å². The van der Waals surface area contributed by atoms with E-state index in [1.54, 1.807) is 18.2 Å². The maximum Gasteiger partial charge on any atom is 0.431 e. The minimum Gasteiger partial charge on any atom is -0.437 e. The van der Waals surface area contributed by atoms with Gasteiger partial charge >= 0.3 is 13.2 Å². The van der Waals surface area contributed by atoms with Gasteiger partial charge in [0.2, 0.25) is 5.91 Å². The standard InChI is InChI=1S/C19H18BBrF4N4O2/c1-20(31)26-10-11-3-2-4-13(7-11)29-16(9-17(28-29)19(23,24)25)18(30)27-15-6-5-12(21)8-14(15)22/h2-8,16,26,31H,9-10H2,1H3,(H,27,30). The van der Waals surface area contributed by atoms with Crippen molar-refractivity contribution < 1.29 is 27.4 Å². The van der Waals surface area contributed by atoms with E-state index in [4.69, 9.17) is 0 Å². The van der Waals surface area contributed by atoms with Crippen LogP contribution in [0.2, 0.25) is 6.82 Å². The van der Waals surface area contributed by atoms with Gasteiger partial charge in [0, 0.05) is 17.4 Å². The fraction of sp³-hybridized carbons (Fsp3) is 0.263. The molecule has 0 aromatic heterocycles. The lowest BCUT2D eigenvalue weighted by atomic mass is 9.88. The molecule has 0 fully saturated rings. The van der Waals surface area contributed by atoms with Crippen LogP contribution >= 0.6 is 15.9 Å². The zero-order valence-electron chi connectivity index (χ0n) is 16.3. The number of hydrogen-bond donors (Lipinski definition) is 3. The average molecular weight is 501 g/mol. The Hall–Kier alpha value is -2.44. The number of halogens is 5. The van der Waals surface area contributed by atoms with E-state index in [9.17, 15) is 27.4 Å². The van der Waals surface area contributed by atoms with E-state index in [1.807, 2.05) is 0 Å². The minimum atomic E-state index is -4.71. The Labute approximate surface area is 184 Å². The molecule has 0 bridgehead atoms. The summed E-state index contributed by atoms with van der Waals surface area (Å²) < 4.78 is 54.5. The predicted octanol–water partition coefficient (Wildman–Crippen LogP) is 3.92. The summed E-state index contributed by atoms with van der Waals surface area (Å²) in [6.45, 7) is 1.79. The molecule has 0 saturated carbocycles. The van der Waals surface area contributed by atoms with Gasteiger partial charge in [-0.3, -0.25) is 9.80 Å². The van der Waals surface area contributed by atoms with Gasteiger partial charge in [0.15, 0.2) is 0 Å². The van der Waals surface area contributed by atoms with Gasteiger partial charge in [-0.05, 0) is 42.7 Å². The summed E-state index contributed by atoms with van der Waals surface area (Å²) >= 11 is 3.10. The number of rotatable bonds is 6. The third kappa shape index (κ3) is 5.84. The number of carbonyl (C=O) groups excluding carboxylic acids is 1. The third-order valence-electron chi connectivity index (χ3n) is 4.51. The van der Waals surface area contributed by atoms with Gasteiger partial charge in [0.1, 0.15) is 17.6 Å². The highest BCUT2D eigenvalue weighted by atomic mass is 79.9. The van der Waals surface area contributed by atoms with Gasteiger partial charge < -0.3 is 15.6 Å². The highest BCUT2D eigenvalue weighted by molar-refractivity contribution is 9.10. The lowest BCUT2D eigenvalue weighted by Crippen LogP contribution is -2.39. The van der Waals surface area contributed by atoms with E-state index in [2.05, 4.69) is 31.6 Å². The number of hydrogen-bond acceptors (Lipinski definition) is 5. The average Bonchev–Trinajstić information content (AvgIpc) is 3.15. The second-order valence-corrected chi connectivity index (χ2v) is 7.86. The lowest BCUT2D eigenvalue weighted by molar-refractivity contribution is -0.117. The summed E-state index contributed by atoms with van der Waals surface area (Å²) in [6, 6.07) is 9.05.